The lowest BCUT2D eigenvalue weighted by molar-refractivity contribution is -0.385. The Bertz CT molecular complexity index is 773. The van der Waals surface area contributed by atoms with Crippen molar-refractivity contribution in [2.75, 3.05) is 26.7 Å². The van der Waals surface area contributed by atoms with Crippen molar-refractivity contribution in [1.82, 2.24) is 10.2 Å². The molecule has 1 aliphatic rings. The average molecular weight is 398 g/mol. The fourth-order valence-corrected chi connectivity index (χ4v) is 3.39. The highest BCUT2D eigenvalue weighted by atomic mass is 35.5. The Hall–Kier alpha value is -1.86. The van der Waals surface area contributed by atoms with E-state index in [1.807, 2.05) is 24.3 Å². The van der Waals surface area contributed by atoms with Crippen molar-refractivity contribution in [3.63, 3.8) is 0 Å². The SMILES string of the molecule is COc1ccc(CN2CCNCC2c2cccc(Cl)c2)cc1[N+](=O)[O-].Cl. The molecule has 0 aromatic heterocycles. The predicted molar refractivity (Wildman–Crippen MR) is 104 cm³/mol. The van der Waals surface area contributed by atoms with E-state index < -0.39 is 4.92 Å². The van der Waals surface area contributed by atoms with E-state index in [1.54, 1.807) is 12.1 Å². The van der Waals surface area contributed by atoms with Crippen LogP contribution in [-0.2, 0) is 6.54 Å². The third-order valence-electron chi connectivity index (χ3n) is 4.41. The fraction of sp³-hybridized carbons (Fsp3) is 0.333. The zero-order valence-electron chi connectivity index (χ0n) is 14.4. The number of nitro benzene ring substituents is 1. The van der Waals surface area contributed by atoms with Gasteiger partial charge in [-0.1, -0.05) is 29.8 Å². The monoisotopic (exact) mass is 397 g/mol. The van der Waals surface area contributed by atoms with Crippen LogP contribution in [0.2, 0.25) is 5.02 Å². The van der Waals surface area contributed by atoms with Gasteiger partial charge in [0, 0.05) is 43.3 Å². The maximum absolute atomic E-state index is 11.2. The molecule has 0 amide bonds. The van der Waals surface area contributed by atoms with Gasteiger partial charge in [-0.05, 0) is 29.3 Å². The first-order valence-electron chi connectivity index (χ1n) is 8.10. The number of halogens is 2. The summed E-state index contributed by atoms with van der Waals surface area (Å²) in [6.45, 7) is 3.19. The highest BCUT2D eigenvalue weighted by Gasteiger charge is 2.25. The van der Waals surface area contributed by atoms with Gasteiger partial charge in [0.1, 0.15) is 0 Å². The van der Waals surface area contributed by atoms with Crippen molar-refractivity contribution in [3.8, 4) is 5.75 Å². The minimum Gasteiger partial charge on any atom is -0.490 e. The van der Waals surface area contributed by atoms with Gasteiger partial charge in [0.2, 0.25) is 0 Å². The molecule has 1 fully saturated rings. The summed E-state index contributed by atoms with van der Waals surface area (Å²) in [5.41, 5.74) is 2.03. The number of methoxy groups -OCH3 is 1. The van der Waals surface area contributed by atoms with Crippen molar-refractivity contribution in [2.45, 2.75) is 12.6 Å². The molecule has 8 heteroatoms. The second-order valence-corrected chi connectivity index (χ2v) is 6.45. The van der Waals surface area contributed by atoms with Gasteiger partial charge >= 0.3 is 5.69 Å². The molecule has 1 saturated heterocycles. The van der Waals surface area contributed by atoms with Crippen molar-refractivity contribution in [1.29, 1.82) is 0 Å². The first-order chi connectivity index (χ1) is 12.1. The Morgan fingerprint density at radius 3 is 2.85 bits per heavy atom. The maximum atomic E-state index is 11.2. The summed E-state index contributed by atoms with van der Waals surface area (Å²) >= 11 is 6.13. The van der Waals surface area contributed by atoms with E-state index in [1.165, 1.54) is 7.11 Å². The second kappa shape index (κ2) is 9.19. The molecule has 0 saturated carbocycles. The Kier molecular flexibility index (Phi) is 7.23. The van der Waals surface area contributed by atoms with E-state index in [9.17, 15) is 10.1 Å². The number of nitro groups is 1. The summed E-state index contributed by atoms with van der Waals surface area (Å²) in [4.78, 5) is 13.1. The smallest absolute Gasteiger partial charge is 0.311 e. The normalized spacial score (nSPS) is 17.4. The van der Waals surface area contributed by atoms with Gasteiger partial charge in [-0.15, -0.1) is 12.4 Å². The van der Waals surface area contributed by atoms with Crippen molar-refractivity contribution >= 4 is 29.7 Å². The minimum atomic E-state index is -0.408. The van der Waals surface area contributed by atoms with Gasteiger partial charge in [0.15, 0.2) is 5.75 Å². The molecule has 1 N–H and O–H groups in total. The minimum absolute atomic E-state index is 0. The van der Waals surface area contributed by atoms with Crippen LogP contribution in [0.25, 0.3) is 0 Å². The highest BCUT2D eigenvalue weighted by Crippen LogP contribution is 2.30. The van der Waals surface area contributed by atoms with Gasteiger partial charge in [0.05, 0.1) is 12.0 Å². The van der Waals surface area contributed by atoms with Crippen LogP contribution in [0.1, 0.15) is 17.2 Å². The van der Waals surface area contributed by atoms with E-state index in [4.69, 9.17) is 16.3 Å². The molecule has 0 aliphatic carbocycles. The zero-order chi connectivity index (χ0) is 17.8. The van der Waals surface area contributed by atoms with Crippen LogP contribution >= 0.6 is 24.0 Å². The van der Waals surface area contributed by atoms with Gasteiger partial charge in [-0.25, -0.2) is 0 Å². The third-order valence-corrected chi connectivity index (χ3v) is 4.65. The second-order valence-electron chi connectivity index (χ2n) is 6.01. The van der Waals surface area contributed by atoms with Gasteiger partial charge in [-0.2, -0.15) is 0 Å². The van der Waals surface area contributed by atoms with Gasteiger partial charge in [0.25, 0.3) is 0 Å². The highest BCUT2D eigenvalue weighted by molar-refractivity contribution is 6.30. The predicted octanol–water partition coefficient (Wildman–Crippen LogP) is 3.83. The van der Waals surface area contributed by atoms with Crippen LogP contribution < -0.4 is 10.1 Å². The molecule has 2 aromatic rings. The summed E-state index contributed by atoms with van der Waals surface area (Å²) < 4.78 is 5.08. The summed E-state index contributed by atoms with van der Waals surface area (Å²) in [5, 5.41) is 15.4. The Labute approximate surface area is 163 Å². The summed E-state index contributed by atoms with van der Waals surface area (Å²) in [7, 11) is 1.44. The molecule has 1 unspecified atom stereocenters. The number of nitrogens with zero attached hydrogens (tertiary/aromatic N) is 2. The molecule has 140 valence electrons. The van der Waals surface area contributed by atoms with Crippen molar-refractivity contribution < 1.29 is 9.66 Å². The number of rotatable bonds is 5. The molecular formula is C18H21Cl2N3O3. The van der Waals surface area contributed by atoms with E-state index in [-0.39, 0.29) is 29.9 Å². The molecule has 0 spiro atoms. The molecule has 0 bridgehead atoms. The molecule has 1 heterocycles. The first-order valence-corrected chi connectivity index (χ1v) is 8.48. The van der Waals surface area contributed by atoms with Crippen LogP contribution in [-0.4, -0.2) is 36.6 Å². The number of hydrogen-bond acceptors (Lipinski definition) is 5. The molecule has 0 radical (unpaired) electrons. The van der Waals surface area contributed by atoms with Crippen molar-refractivity contribution in [3.05, 3.63) is 68.7 Å². The van der Waals surface area contributed by atoms with Crippen LogP contribution in [0.5, 0.6) is 5.75 Å². The number of ether oxygens (including phenoxy) is 1. The Balaban J connectivity index is 0.00000243. The van der Waals surface area contributed by atoms with Gasteiger partial charge < -0.3 is 10.1 Å². The Morgan fingerprint density at radius 1 is 1.35 bits per heavy atom. The number of piperazine rings is 1. The van der Waals surface area contributed by atoms with E-state index in [2.05, 4.69) is 16.3 Å². The van der Waals surface area contributed by atoms with E-state index >= 15 is 0 Å². The molecule has 26 heavy (non-hydrogen) atoms. The molecule has 2 aromatic carbocycles. The molecule has 1 aliphatic heterocycles. The number of nitrogens with one attached hydrogen (secondary N) is 1. The number of benzene rings is 2. The molecule has 1 atom stereocenters. The van der Waals surface area contributed by atoms with Crippen LogP contribution in [0, 0.1) is 10.1 Å². The quantitative estimate of drug-likeness (QED) is 0.613. The summed E-state index contributed by atoms with van der Waals surface area (Å²) in [6.07, 6.45) is 0. The topological polar surface area (TPSA) is 67.6 Å². The summed E-state index contributed by atoms with van der Waals surface area (Å²) in [6, 6.07) is 13.1. The Morgan fingerprint density at radius 2 is 2.15 bits per heavy atom. The third kappa shape index (κ3) is 4.65. The average Bonchev–Trinajstić information content (AvgIpc) is 2.62. The first kappa shape index (κ1) is 20.5. The lowest BCUT2D eigenvalue weighted by Gasteiger charge is -2.36. The summed E-state index contributed by atoms with van der Waals surface area (Å²) in [5.74, 6) is 0.278. The van der Waals surface area contributed by atoms with Gasteiger partial charge in [-0.3, -0.25) is 15.0 Å². The van der Waals surface area contributed by atoms with Crippen LogP contribution in [0.15, 0.2) is 42.5 Å². The lowest BCUT2D eigenvalue weighted by Crippen LogP contribution is -2.45. The molecule has 6 nitrogen and oxygen atoms in total. The number of hydrogen-bond donors (Lipinski definition) is 1. The standard InChI is InChI=1S/C18H20ClN3O3.ClH/c1-25-18-6-5-13(9-16(18)22(23)24)12-21-8-7-20-11-17(21)14-3-2-4-15(19)10-14;/h2-6,9-10,17,20H,7-8,11-12H2,1H3;1H. The van der Waals surface area contributed by atoms with Crippen LogP contribution in [0.4, 0.5) is 5.69 Å². The molecule has 3 rings (SSSR count). The lowest BCUT2D eigenvalue weighted by atomic mass is 10.0. The van der Waals surface area contributed by atoms with Crippen LogP contribution in [0.3, 0.4) is 0 Å². The van der Waals surface area contributed by atoms with E-state index in [0.717, 1.165) is 30.8 Å². The van der Waals surface area contributed by atoms with E-state index in [0.29, 0.717) is 11.6 Å². The fourth-order valence-electron chi connectivity index (χ4n) is 3.19. The maximum Gasteiger partial charge on any atom is 0.311 e. The molecular weight excluding hydrogens is 377 g/mol. The largest absolute Gasteiger partial charge is 0.490 e. The zero-order valence-corrected chi connectivity index (χ0v) is 15.9. The van der Waals surface area contributed by atoms with Crippen molar-refractivity contribution in [2.24, 2.45) is 0 Å².